The van der Waals surface area contributed by atoms with E-state index in [9.17, 15) is 14.3 Å². The van der Waals surface area contributed by atoms with Crippen molar-refractivity contribution in [1.82, 2.24) is 5.32 Å². The van der Waals surface area contributed by atoms with Gasteiger partial charge in [0, 0.05) is 13.0 Å². The number of hydrogen-bond acceptors (Lipinski definition) is 2. The zero-order valence-corrected chi connectivity index (χ0v) is 14.1. The van der Waals surface area contributed by atoms with Gasteiger partial charge in [0.1, 0.15) is 5.82 Å². The SMILES string of the molecule is O=C(NCC1(O)CCc2ccccc2C1)C1(c2ccc(F)cc2)CC1. The van der Waals surface area contributed by atoms with Crippen LogP contribution in [-0.2, 0) is 23.1 Å². The lowest BCUT2D eigenvalue weighted by molar-refractivity contribution is -0.125. The molecule has 0 heterocycles. The van der Waals surface area contributed by atoms with E-state index in [1.165, 1.54) is 17.7 Å². The van der Waals surface area contributed by atoms with Gasteiger partial charge in [-0.3, -0.25) is 4.79 Å². The van der Waals surface area contributed by atoms with E-state index in [-0.39, 0.29) is 18.3 Å². The fourth-order valence-corrected chi connectivity index (χ4v) is 3.89. The first-order valence-electron chi connectivity index (χ1n) is 8.84. The second-order valence-corrected chi connectivity index (χ2v) is 7.44. The summed E-state index contributed by atoms with van der Waals surface area (Å²) in [6, 6.07) is 14.3. The molecule has 1 saturated carbocycles. The summed E-state index contributed by atoms with van der Waals surface area (Å²) in [6.07, 6.45) is 3.57. The third-order valence-electron chi connectivity index (χ3n) is 5.66. The molecule has 1 amide bonds. The van der Waals surface area contributed by atoms with E-state index < -0.39 is 11.0 Å². The van der Waals surface area contributed by atoms with Gasteiger partial charge in [-0.25, -0.2) is 4.39 Å². The maximum Gasteiger partial charge on any atom is 0.230 e. The number of carbonyl (C=O) groups is 1. The largest absolute Gasteiger partial charge is 0.388 e. The maximum absolute atomic E-state index is 13.1. The molecule has 2 aliphatic carbocycles. The number of benzene rings is 2. The molecule has 1 atom stereocenters. The highest BCUT2D eigenvalue weighted by Crippen LogP contribution is 2.48. The Kier molecular flexibility index (Phi) is 3.88. The third kappa shape index (κ3) is 3.07. The summed E-state index contributed by atoms with van der Waals surface area (Å²) >= 11 is 0. The van der Waals surface area contributed by atoms with Gasteiger partial charge in [0.25, 0.3) is 0 Å². The molecule has 0 radical (unpaired) electrons. The van der Waals surface area contributed by atoms with Crippen molar-refractivity contribution in [1.29, 1.82) is 0 Å². The quantitative estimate of drug-likeness (QED) is 0.900. The predicted octanol–water partition coefficient (Wildman–Crippen LogP) is 2.89. The van der Waals surface area contributed by atoms with Crippen LogP contribution in [0.4, 0.5) is 4.39 Å². The molecule has 2 N–H and O–H groups in total. The first-order chi connectivity index (χ1) is 12.0. The molecule has 0 aromatic heterocycles. The van der Waals surface area contributed by atoms with E-state index in [0.717, 1.165) is 30.4 Å². The lowest BCUT2D eigenvalue weighted by atomic mass is 9.80. The number of hydrogen-bond donors (Lipinski definition) is 2. The summed E-state index contributed by atoms with van der Waals surface area (Å²) in [5.74, 6) is -0.360. The van der Waals surface area contributed by atoms with Crippen LogP contribution in [0.1, 0.15) is 36.0 Å². The van der Waals surface area contributed by atoms with Crippen molar-refractivity contribution in [3.63, 3.8) is 0 Å². The molecule has 130 valence electrons. The standard InChI is InChI=1S/C21H22FNO2/c22-18-7-5-17(6-8-18)21(11-12-21)19(24)23-14-20(25)10-9-15-3-1-2-4-16(15)13-20/h1-8,25H,9-14H2,(H,23,24). The maximum atomic E-state index is 13.1. The smallest absolute Gasteiger partial charge is 0.230 e. The Hall–Kier alpha value is -2.20. The zero-order chi connectivity index (χ0) is 17.5. The number of carbonyl (C=O) groups excluding carboxylic acids is 1. The minimum absolute atomic E-state index is 0.0635. The molecule has 0 spiro atoms. The number of amides is 1. The summed E-state index contributed by atoms with van der Waals surface area (Å²) in [7, 11) is 0. The van der Waals surface area contributed by atoms with Crippen molar-refractivity contribution >= 4 is 5.91 Å². The first-order valence-corrected chi connectivity index (χ1v) is 8.84. The van der Waals surface area contributed by atoms with Gasteiger partial charge in [0.15, 0.2) is 0 Å². The van der Waals surface area contributed by atoms with Crippen molar-refractivity contribution < 1.29 is 14.3 Å². The van der Waals surface area contributed by atoms with Crippen LogP contribution >= 0.6 is 0 Å². The molecular weight excluding hydrogens is 317 g/mol. The van der Waals surface area contributed by atoms with Gasteiger partial charge in [0.2, 0.25) is 5.91 Å². The normalized spacial score (nSPS) is 23.6. The number of rotatable bonds is 4. The van der Waals surface area contributed by atoms with Gasteiger partial charge in [-0.1, -0.05) is 36.4 Å². The highest BCUT2D eigenvalue weighted by Gasteiger charge is 2.51. The van der Waals surface area contributed by atoms with Crippen LogP contribution in [0.15, 0.2) is 48.5 Å². The van der Waals surface area contributed by atoms with E-state index >= 15 is 0 Å². The first kappa shape index (κ1) is 16.3. The second-order valence-electron chi connectivity index (χ2n) is 7.44. The average Bonchev–Trinajstić information content (AvgIpc) is 3.42. The molecule has 1 unspecified atom stereocenters. The Morgan fingerprint density at radius 3 is 2.40 bits per heavy atom. The molecule has 0 saturated heterocycles. The number of aliphatic hydroxyl groups is 1. The van der Waals surface area contributed by atoms with Crippen molar-refractivity contribution in [3.8, 4) is 0 Å². The highest BCUT2D eigenvalue weighted by molar-refractivity contribution is 5.91. The minimum Gasteiger partial charge on any atom is -0.388 e. The van der Waals surface area contributed by atoms with E-state index in [1.54, 1.807) is 12.1 Å². The van der Waals surface area contributed by atoms with Crippen molar-refractivity contribution in [3.05, 3.63) is 71.0 Å². The summed E-state index contributed by atoms with van der Waals surface area (Å²) in [5, 5.41) is 13.9. The molecule has 3 nitrogen and oxygen atoms in total. The lowest BCUT2D eigenvalue weighted by Crippen LogP contribution is -2.49. The van der Waals surface area contributed by atoms with Gasteiger partial charge in [-0.05, 0) is 54.5 Å². The molecule has 2 aromatic carbocycles. The number of nitrogens with one attached hydrogen (secondary N) is 1. The van der Waals surface area contributed by atoms with E-state index in [4.69, 9.17) is 0 Å². The summed E-state index contributed by atoms with van der Waals surface area (Å²) in [5.41, 5.74) is 1.85. The van der Waals surface area contributed by atoms with Gasteiger partial charge >= 0.3 is 0 Å². The molecule has 1 fully saturated rings. The molecule has 4 rings (SSSR count). The second kappa shape index (κ2) is 5.95. The van der Waals surface area contributed by atoms with Crippen LogP contribution in [0.3, 0.4) is 0 Å². The van der Waals surface area contributed by atoms with Crippen LogP contribution in [-0.4, -0.2) is 23.2 Å². The fourth-order valence-electron chi connectivity index (χ4n) is 3.89. The Labute approximate surface area is 146 Å². The van der Waals surface area contributed by atoms with Crippen LogP contribution in [0.25, 0.3) is 0 Å². The topological polar surface area (TPSA) is 49.3 Å². The monoisotopic (exact) mass is 339 g/mol. The minimum atomic E-state index is -0.900. The number of halogens is 1. The Balaban J connectivity index is 1.43. The molecule has 2 aliphatic rings. The van der Waals surface area contributed by atoms with Gasteiger partial charge in [-0.15, -0.1) is 0 Å². The van der Waals surface area contributed by atoms with E-state index in [2.05, 4.69) is 11.4 Å². The fraction of sp³-hybridized carbons (Fsp3) is 0.381. The number of aryl methyl sites for hydroxylation is 1. The Morgan fingerprint density at radius 1 is 1.04 bits per heavy atom. The van der Waals surface area contributed by atoms with Crippen LogP contribution in [0, 0.1) is 5.82 Å². The third-order valence-corrected chi connectivity index (χ3v) is 5.66. The molecule has 4 heteroatoms. The molecule has 2 aromatic rings. The molecular formula is C21H22FNO2. The summed E-state index contributed by atoms with van der Waals surface area (Å²) in [4.78, 5) is 12.7. The lowest BCUT2D eigenvalue weighted by Gasteiger charge is -2.34. The van der Waals surface area contributed by atoms with Crippen LogP contribution in [0.5, 0.6) is 0 Å². The van der Waals surface area contributed by atoms with Gasteiger partial charge in [0.05, 0.1) is 11.0 Å². The average molecular weight is 339 g/mol. The Morgan fingerprint density at radius 2 is 1.72 bits per heavy atom. The molecule has 0 aliphatic heterocycles. The van der Waals surface area contributed by atoms with Crippen molar-refractivity contribution in [2.45, 2.75) is 43.1 Å². The highest BCUT2D eigenvalue weighted by atomic mass is 19.1. The van der Waals surface area contributed by atoms with Crippen LogP contribution in [0.2, 0.25) is 0 Å². The zero-order valence-electron chi connectivity index (χ0n) is 14.1. The Bertz CT molecular complexity index is 798. The van der Waals surface area contributed by atoms with Crippen molar-refractivity contribution in [2.24, 2.45) is 0 Å². The van der Waals surface area contributed by atoms with E-state index in [0.29, 0.717) is 12.8 Å². The predicted molar refractivity (Wildman–Crippen MR) is 93.7 cm³/mol. The molecule has 0 bridgehead atoms. The van der Waals surface area contributed by atoms with Crippen molar-refractivity contribution in [2.75, 3.05) is 6.54 Å². The van der Waals surface area contributed by atoms with Gasteiger partial charge < -0.3 is 10.4 Å². The van der Waals surface area contributed by atoms with Crippen LogP contribution < -0.4 is 5.32 Å². The number of fused-ring (bicyclic) bond motifs is 1. The molecule has 25 heavy (non-hydrogen) atoms. The van der Waals surface area contributed by atoms with E-state index in [1.807, 2.05) is 18.2 Å². The summed E-state index contributed by atoms with van der Waals surface area (Å²) < 4.78 is 13.1. The summed E-state index contributed by atoms with van der Waals surface area (Å²) in [6.45, 7) is 0.253. The van der Waals surface area contributed by atoms with Gasteiger partial charge in [-0.2, -0.15) is 0 Å².